The van der Waals surface area contributed by atoms with Gasteiger partial charge in [-0.05, 0) is 31.4 Å². The summed E-state index contributed by atoms with van der Waals surface area (Å²) < 4.78 is 2.79. The van der Waals surface area contributed by atoms with E-state index in [1.165, 1.54) is 12.8 Å². The zero-order chi connectivity index (χ0) is 15.6. The molecule has 0 radical (unpaired) electrons. The lowest BCUT2D eigenvalue weighted by Crippen LogP contribution is -2.17. The highest BCUT2D eigenvalue weighted by Gasteiger charge is 2.22. The third kappa shape index (κ3) is 3.42. The van der Waals surface area contributed by atoms with Gasteiger partial charge in [-0.15, -0.1) is 10.2 Å². The van der Waals surface area contributed by atoms with Gasteiger partial charge in [0.05, 0.1) is 11.0 Å². The van der Waals surface area contributed by atoms with Crippen molar-refractivity contribution in [2.24, 2.45) is 0 Å². The Morgan fingerprint density at radius 3 is 3.09 bits per heavy atom. The lowest BCUT2D eigenvalue weighted by molar-refractivity contribution is 0.679. The van der Waals surface area contributed by atoms with Crippen molar-refractivity contribution in [3.63, 3.8) is 0 Å². The number of nitrogens with zero attached hydrogens (tertiary/aromatic N) is 3. The Hall–Kier alpha value is -1.80. The van der Waals surface area contributed by atoms with Crippen LogP contribution in [0.5, 0.6) is 0 Å². The number of benzene rings is 1. The van der Waals surface area contributed by atoms with E-state index in [1.807, 2.05) is 24.3 Å². The fourth-order valence-electron chi connectivity index (χ4n) is 2.44. The molecule has 1 aliphatic rings. The number of hydrogen-bond donors (Lipinski definition) is 2. The van der Waals surface area contributed by atoms with Crippen LogP contribution in [0.3, 0.4) is 0 Å². The standard InChI is InChI=1S/C15H17N5OS2/c21-14-17-11-4-1-2-5-12(11)20(14)8-3-9-22-15-19-18-13(23-15)16-10-6-7-10/h1-2,4-5,10H,3,6-9H2,(H,16,18)(H,17,21). The Balaban J connectivity index is 1.31. The summed E-state index contributed by atoms with van der Waals surface area (Å²) >= 11 is 3.31. The molecule has 0 spiro atoms. The average molecular weight is 347 g/mol. The molecule has 1 aromatic carbocycles. The number of aromatic amines is 1. The molecule has 1 fully saturated rings. The van der Waals surface area contributed by atoms with E-state index in [2.05, 4.69) is 20.5 Å². The third-order valence-corrected chi connectivity index (χ3v) is 5.82. The van der Waals surface area contributed by atoms with Crippen LogP contribution in [0, 0.1) is 0 Å². The Kier molecular flexibility index (Phi) is 4.09. The second-order valence-corrected chi connectivity index (χ2v) is 7.91. The van der Waals surface area contributed by atoms with Gasteiger partial charge in [0.1, 0.15) is 0 Å². The van der Waals surface area contributed by atoms with Gasteiger partial charge in [0.25, 0.3) is 0 Å². The molecule has 0 bridgehead atoms. The maximum atomic E-state index is 12.0. The van der Waals surface area contributed by atoms with Crippen LogP contribution in [-0.2, 0) is 6.54 Å². The van der Waals surface area contributed by atoms with Gasteiger partial charge in [0.15, 0.2) is 4.34 Å². The minimum atomic E-state index is -0.0389. The summed E-state index contributed by atoms with van der Waals surface area (Å²) in [5.74, 6) is 0.921. The van der Waals surface area contributed by atoms with Crippen molar-refractivity contribution in [2.45, 2.75) is 36.2 Å². The molecule has 0 atom stereocenters. The number of imidazole rings is 1. The third-order valence-electron chi connectivity index (χ3n) is 3.74. The monoisotopic (exact) mass is 347 g/mol. The molecule has 120 valence electrons. The van der Waals surface area contributed by atoms with Gasteiger partial charge in [-0.2, -0.15) is 0 Å². The maximum Gasteiger partial charge on any atom is 0.326 e. The van der Waals surface area contributed by atoms with Crippen LogP contribution >= 0.6 is 23.1 Å². The van der Waals surface area contributed by atoms with Crippen LogP contribution in [-0.4, -0.2) is 31.5 Å². The number of aromatic nitrogens is 4. The van der Waals surface area contributed by atoms with E-state index in [4.69, 9.17) is 0 Å². The van der Waals surface area contributed by atoms with E-state index in [0.717, 1.165) is 32.7 Å². The summed E-state index contributed by atoms with van der Waals surface area (Å²) in [4.78, 5) is 14.9. The molecule has 2 N–H and O–H groups in total. The number of anilines is 1. The number of nitrogens with one attached hydrogen (secondary N) is 2. The van der Waals surface area contributed by atoms with Crippen LogP contribution in [0.2, 0.25) is 0 Å². The highest BCUT2D eigenvalue weighted by molar-refractivity contribution is 8.01. The van der Waals surface area contributed by atoms with Crippen LogP contribution in [0.4, 0.5) is 5.13 Å². The molecule has 2 aromatic heterocycles. The predicted molar refractivity (Wildman–Crippen MR) is 94.5 cm³/mol. The molecular weight excluding hydrogens is 330 g/mol. The first-order chi connectivity index (χ1) is 11.3. The molecule has 0 saturated heterocycles. The quantitative estimate of drug-likeness (QED) is 0.508. The van der Waals surface area contributed by atoms with Crippen molar-refractivity contribution in [3.05, 3.63) is 34.7 Å². The lowest BCUT2D eigenvalue weighted by atomic mass is 10.3. The highest BCUT2D eigenvalue weighted by atomic mass is 32.2. The minimum absolute atomic E-state index is 0.0389. The van der Waals surface area contributed by atoms with E-state index >= 15 is 0 Å². The number of thioether (sulfide) groups is 1. The van der Waals surface area contributed by atoms with Crippen LogP contribution in [0.25, 0.3) is 11.0 Å². The van der Waals surface area contributed by atoms with E-state index in [-0.39, 0.29) is 5.69 Å². The normalized spacial score (nSPS) is 14.4. The predicted octanol–water partition coefficient (Wildman–Crippen LogP) is 2.94. The first-order valence-corrected chi connectivity index (χ1v) is 9.50. The van der Waals surface area contributed by atoms with Crippen LogP contribution < -0.4 is 11.0 Å². The first kappa shape index (κ1) is 14.8. The first-order valence-electron chi connectivity index (χ1n) is 7.70. The molecule has 1 saturated carbocycles. The van der Waals surface area contributed by atoms with E-state index in [9.17, 15) is 4.79 Å². The number of H-pyrrole nitrogens is 1. The summed E-state index contributed by atoms with van der Waals surface area (Å²) in [6.07, 6.45) is 3.39. The smallest absolute Gasteiger partial charge is 0.326 e. The van der Waals surface area contributed by atoms with Gasteiger partial charge in [0.2, 0.25) is 5.13 Å². The fraction of sp³-hybridized carbons (Fsp3) is 0.400. The Bertz CT molecular complexity index is 864. The van der Waals surface area contributed by atoms with Crippen molar-refractivity contribution < 1.29 is 0 Å². The second-order valence-electron chi connectivity index (χ2n) is 5.59. The molecule has 6 nitrogen and oxygen atoms in total. The zero-order valence-corrected chi connectivity index (χ0v) is 14.1. The van der Waals surface area contributed by atoms with Crippen molar-refractivity contribution >= 4 is 39.3 Å². The lowest BCUT2D eigenvalue weighted by Gasteiger charge is -2.02. The largest absolute Gasteiger partial charge is 0.357 e. The van der Waals surface area contributed by atoms with Gasteiger partial charge >= 0.3 is 5.69 Å². The van der Waals surface area contributed by atoms with Gasteiger partial charge in [-0.25, -0.2) is 4.79 Å². The van der Waals surface area contributed by atoms with Crippen LogP contribution in [0.15, 0.2) is 33.4 Å². The second kappa shape index (κ2) is 6.37. The van der Waals surface area contributed by atoms with Gasteiger partial charge in [0, 0.05) is 18.3 Å². The SMILES string of the molecule is O=c1[nH]c2ccccc2n1CCCSc1nnc(NC2CC2)s1. The van der Waals surface area contributed by atoms with Gasteiger partial charge in [-0.1, -0.05) is 35.2 Å². The number of fused-ring (bicyclic) bond motifs is 1. The van der Waals surface area contributed by atoms with Crippen LogP contribution in [0.1, 0.15) is 19.3 Å². The van der Waals surface area contributed by atoms with E-state index < -0.39 is 0 Å². The molecule has 23 heavy (non-hydrogen) atoms. The number of aryl methyl sites for hydroxylation is 1. The van der Waals surface area contributed by atoms with E-state index in [0.29, 0.717) is 12.6 Å². The van der Waals surface area contributed by atoms with Gasteiger partial charge < -0.3 is 10.3 Å². The molecule has 0 aliphatic heterocycles. The van der Waals surface area contributed by atoms with E-state index in [1.54, 1.807) is 27.7 Å². The van der Waals surface area contributed by atoms with Crippen molar-refractivity contribution in [3.8, 4) is 0 Å². The Morgan fingerprint density at radius 2 is 2.22 bits per heavy atom. The summed E-state index contributed by atoms with van der Waals surface area (Å²) in [6.45, 7) is 0.710. The summed E-state index contributed by atoms with van der Waals surface area (Å²) in [7, 11) is 0. The molecule has 1 aliphatic carbocycles. The molecule has 2 heterocycles. The Morgan fingerprint density at radius 1 is 1.35 bits per heavy atom. The molecular formula is C15H17N5OS2. The Labute approximate surface area is 141 Å². The molecule has 3 aromatic rings. The molecule has 0 unspecified atom stereocenters. The number of hydrogen-bond acceptors (Lipinski definition) is 6. The summed E-state index contributed by atoms with van der Waals surface area (Å²) in [5, 5.41) is 12.6. The molecule has 4 rings (SSSR count). The number of rotatable bonds is 7. The summed E-state index contributed by atoms with van der Waals surface area (Å²) in [5.41, 5.74) is 1.82. The minimum Gasteiger partial charge on any atom is -0.357 e. The zero-order valence-electron chi connectivity index (χ0n) is 12.5. The van der Waals surface area contributed by atoms with Crippen molar-refractivity contribution in [1.29, 1.82) is 0 Å². The summed E-state index contributed by atoms with van der Waals surface area (Å²) in [6, 6.07) is 8.39. The molecule has 0 amide bonds. The number of para-hydroxylation sites is 2. The fourth-order valence-corrected chi connectivity index (χ4v) is 4.26. The topological polar surface area (TPSA) is 75.6 Å². The van der Waals surface area contributed by atoms with Crippen molar-refractivity contribution in [2.75, 3.05) is 11.1 Å². The maximum absolute atomic E-state index is 12.0. The average Bonchev–Trinajstić information content (AvgIpc) is 3.15. The van der Waals surface area contributed by atoms with Crippen molar-refractivity contribution in [1.82, 2.24) is 19.7 Å². The molecule has 8 heteroatoms. The van der Waals surface area contributed by atoms with Gasteiger partial charge in [-0.3, -0.25) is 4.57 Å². The highest BCUT2D eigenvalue weighted by Crippen LogP contribution is 2.30.